The molecule has 74 valence electrons. The fourth-order valence-electron chi connectivity index (χ4n) is 1.71. The molecular formula is C10H12BF2N. The molecule has 0 amide bonds. The van der Waals surface area contributed by atoms with E-state index < -0.39 is 5.92 Å². The minimum atomic E-state index is -2.51. The molecule has 0 radical (unpaired) electrons. The van der Waals surface area contributed by atoms with Crippen molar-refractivity contribution >= 4 is 19.0 Å². The van der Waals surface area contributed by atoms with Gasteiger partial charge in [0.05, 0.1) is 6.54 Å². The zero-order valence-electron chi connectivity index (χ0n) is 8.13. The zero-order chi connectivity index (χ0) is 10.2. The van der Waals surface area contributed by atoms with Gasteiger partial charge in [-0.1, -0.05) is 17.6 Å². The van der Waals surface area contributed by atoms with Crippen molar-refractivity contribution in [3.05, 3.63) is 24.3 Å². The van der Waals surface area contributed by atoms with Crippen LogP contribution in [0.1, 0.15) is 6.42 Å². The van der Waals surface area contributed by atoms with Crippen molar-refractivity contribution in [1.29, 1.82) is 0 Å². The summed E-state index contributed by atoms with van der Waals surface area (Å²) in [6.07, 6.45) is -0.0269. The predicted octanol–water partition coefficient (Wildman–Crippen LogP) is 0.790. The number of alkyl halides is 2. The van der Waals surface area contributed by atoms with E-state index in [4.69, 9.17) is 0 Å². The van der Waals surface area contributed by atoms with Crippen LogP contribution in [0.3, 0.4) is 0 Å². The van der Waals surface area contributed by atoms with Gasteiger partial charge < -0.3 is 4.90 Å². The first-order chi connectivity index (χ1) is 6.57. The lowest BCUT2D eigenvalue weighted by Crippen LogP contribution is -2.25. The molecule has 0 unspecified atom stereocenters. The van der Waals surface area contributed by atoms with Gasteiger partial charge in [0.1, 0.15) is 7.85 Å². The summed E-state index contributed by atoms with van der Waals surface area (Å²) in [6, 6.07) is 7.70. The van der Waals surface area contributed by atoms with Gasteiger partial charge in [-0.25, -0.2) is 8.78 Å². The van der Waals surface area contributed by atoms with Gasteiger partial charge in [-0.2, -0.15) is 0 Å². The SMILES string of the molecule is Bc1ccc(N2CCC(F)(F)C2)cc1. The molecule has 2 rings (SSSR count). The summed E-state index contributed by atoms with van der Waals surface area (Å²) in [4.78, 5) is 1.74. The summed E-state index contributed by atoms with van der Waals surface area (Å²) < 4.78 is 25.8. The minimum Gasteiger partial charge on any atom is -0.365 e. The fraction of sp³-hybridized carbons (Fsp3) is 0.400. The molecule has 1 aliphatic rings. The van der Waals surface area contributed by atoms with Gasteiger partial charge in [0.25, 0.3) is 5.92 Å². The van der Waals surface area contributed by atoms with Gasteiger partial charge in [0.2, 0.25) is 0 Å². The van der Waals surface area contributed by atoms with Gasteiger partial charge >= 0.3 is 0 Å². The molecule has 1 saturated heterocycles. The average molecular weight is 195 g/mol. The molecule has 0 N–H and O–H groups in total. The first kappa shape index (κ1) is 9.50. The minimum absolute atomic E-state index is 0.0269. The molecular weight excluding hydrogens is 183 g/mol. The van der Waals surface area contributed by atoms with Gasteiger partial charge in [0, 0.05) is 18.7 Å². The summed E-state index contributed by atoms with van der Waals surface area (Å²) in [7, 11) is 1.99. The maximum absolute atomic E-state index is 12.9. The van der Waals surface area contributed by atoms with Crippen LogP contribution in [0.5, 0.6) is 0 Å². The zero-order valence-corrected chi connectivity index (χ0v) is 8.13. The Labute approximate surface area is 83.1 Å². The van der Waals surface area contributed by atoms with Crippen LogP contribution < -0.4 is 10.4 Å². The molecule has 0 saturated carbocycles. The predicted molar refractivity (Wildman–Crippen MR) is 56.4 cm³/mol. The second kappa shape index (κ2) is 3.26. The molecule has 0 spiro atoms. The number of hydrogen-bond acceptors (Lipinski definition) is 1. The van der Waals surface area contributed by atoms with Crippen molar-refractivity contribution < 1.29 is 8.78 Å². The Kier molecular flexibility index (Phi) is 2.21. The number of hydrogen-bond donors (Lipinski definition) is 0. The first-order valence-electron chi connectivity index (χ1n) is 4.76. The van der Waals surface area contributed by atoms with E-state index in [0.717, 1.165) is 11.2 Å². The van der Waals surface area contributed by atoms with Crippen molar-refractivity contribution in [1.82, 2.24) is 0 Å². The van der Waals surface area contributed by atoms with Crippen molar-refractivity contribution in [2.75, 3.05) is 18.0 Å². The molecule has 14 heavy (non-hydrogen) atoms. The molecule has 1 aliphatic heterocycles. The van der Waals surface area contributed by atoms with Crippen LogP contribution in [0.4, 0.5) is 14.5 Å². The smallest absolute Gasteiger partial charge is 0.266 e. The quantitative estimate of drug-likeness (QED) is 0.599. The van der Waals surface area contributed by atoms with Crippen LogP contribution in [0.2, 0.25) is 0 Å². The third kappa shape index (κ3) is 1.89. The number of anilines is 1. The maximum Gasteiger partial charge on any atom is 0.266 e. The lowest BCUT2D eigenvalue weighted by Gasteiger charge is -2.18. The van der Waals surface area contributed by atoms with Crippen molar-refractivity contribution in [3.63, 3.8) is 0 Å². The summed E-state index contributed by atoms with van der Waals surface area (Å²) in [6.45, 7) is 0.312. The maximum atomic E-state index is 12.9. The Morgan fingerprint density at radius 1 is 1.21 bits per heavy atom. The lowest BCUT2D eigenvalue weighted by molar-refractivity contribution is 0.0257. The Balaban J connectivity index is 2.14. The van der Waals surface area contributed by atoms with Crippen molar-refractivity contribution in [2.24, 2.45) is 0 Å². The lowest BCUT2D eigenvalue weighted by atomic mass is 9.96. The second-order valence-electron chi connectivity index (χ2n) is 3.86. The molecule has 0 atom stereocenters. The largest absolute Gasteiger partial charge is 0.365 e. The third-order valence-corrected chi connectivity index (χ3v) is 2.57. The standard InChI is InChI=1S/C10H12BF2N/c11-8-1-3-9(4-2-8)14-6-5-10(12,13)7-14/h1-4H,5-7,11H2. The summed E-state index contributed by atoms with van der Waals surface area (Å²) in [5.41, 5.74) is 2.05. The molecule has 1 fully saturated rings. The van der Waals surface area contributed by atoms with E-state index in [9.17, 15) is 8.78 Å². The van der Waals surface area contributed by atoms with Crippen molar-refractivity contribution in [2.45, 2.75) is 12.3 Å². The van der Waals surface area contributed by atoms with Crippen LogP contribution in [-0.2, 0) is 0 Å². The van der Waals surface area contributed by atoms with E-state index in [0.29, 0.717) is 6.54 Å². The highest BCUT2D eigenvalue weighted by Gasteiger charge is 2.38. The Bertz CT molecular complexity index is 323. The molecule has 4 heteroatoms. The van der Waals surface area contributed by atoms with E-state index in [2.05, 4.69) is 0 Å². The molecule has 0 bridgehead atoms. The topological polar surface area (TPSA) is 3.24 Å². The fourth-order valence-corrected chi connectivity index (χ4v) is 1.71. The van der Waals surface area contributed by atoms with Crippen molar-refractivity contribution in [3.8, 4) is 0 Å². The van der Waals surface area contributed by atoms with Gasteiger partial charge in [-0.15, -0.1) is 0 Å². The first-order valence-corrected chi connectivity index (χ1v) is 4.76. The molecule has 1 heterocycles. The number of benzene rings is 1. The van der Waals surface area contributed by atoms with Crippen LogP contribution in [0.15, 0.2) is 24.3 Å². The monoisotopic (exact) mass is 195 g/mol. The average Bonchev–Trinajstić information content (AvgIpc) is 2.47. The van der Waals surface area contributed by atoms with Crippen LogP contribution >= 0.6 is 0 Å². The highest BCUT2D eigenvalue weighted by molar-refractivity contribution is 6.32. The second-order valence-corrected chi connectivity index (χ2v) is 3.86. The number of nitrogens with zero attached hydrogens (tertiary/aromatic N) is 1. The van der Waals surface area contributed by atoms with E-state index in [-0.39, 0.29) is 13.0 Å². The Morgan fingerprint density at radius 3 is 2.36 bits per heavy atom. The normalized spacial score (nSPS) is 20.0. The van der Waals surface area contributed by atoms with E-state index in [1.54, 1.807) is 4.90 Å². The Hall–Kier alpha value is -1.06. The molecule has 0 aromatic heterocycles. The van der Waals surface area contributed by atoms with Crippen LogP contribution in [0.25, 0.3) is 0 Å². The van der Waals surface area contributed by atoms with Crippen LogP contribution in [0, 0.1) is 0 Å². The molecule has 0 aliphatic carbocycles. The molecule has 1 nitrogen and oxygen atoms in total. The summed E-state index contributed by atoms with van der Waals surface area (Å²) in [5.74, 6) is -2.51. The molecule has 1 aromatic carbocycles. The highest BCUT2D eigenvalue weighted by Crippen LogP contribution is 2.30. The van der Waals surface area contributed by atoms with Gasteiger partial charge in [-0.3, -0.25) is 0 Å². The van der Waals surface area contributed by atoms with E-state index >= 15 is 0 Å². The van der Waals surface area contributed by atoms with E-state index in [1.165, 1.54) is 0 Å². The van der Waals surface area contributed by atoms with Gasteiger partial charge in [0.15, 0.2) is 0 Å². The van der Waals surface area contributed by atoms with Gasteiger partial charge in [-0.05, 0) is 12.1 Å². The summed E-state index contributed by atoms with van der Waals surface area (Å²) >= 11 is 0. The number of rotatable bonds is 1. The Morgan fingerprint density at radius 2 is 1.86 bits per heavy atom. The van der Waals surface area contributed by atoms with Crippen LogP contribution in [-0.4, -0.2) is 26.9 Å². The molecule has 1 aromatic rings. The third-order valence-electron chi connectivity index (χ3n) is 2.57. The van der Waals surface area contributed by atoms with E-state index in [1.807, 2.05) is 32.1 Å². The number of halogens is 2. The summed E-state index contributed by atoms with van der Waals surface area (Å²) in [5, 5.41) is 0. The highest BCUT2D eigenvalue weighted by atomic mass is 19.3.